The lowest BCUT2D eigenvalue weighted by molar-refractivity contribution is -0.142. The average molecular weight is 1010 g/mol. The maximum absolute atomic E-state index is 12.4. The minimum Gasteiger partial charge on any atom is -0.481 e. The van der Waals surface area contributed by atoms with Crippen molar-refractivity contribution in [2.75, 3.05) is 72.5 Å². The van der Waals surface area contributed by atoms with Crippen molar-refractivity contribution in [1.29, 1.82) is 0 Å². The van der Waals surface area contributed by atoms with Crippen LogP contribution in [0, 0.1) is 0 Å². The molecule has 1 heterocycles. The molecule has 0 aromatic carbocycles. The van der Waals surface area contributed by atoms with Crippen molar-refractivity contribution in [2.45, 2.75) is 179 Å². The molecule has 0 aliphatic carbocycles. The fourth-order valence-corrected chi connectivity index (χ4v) is 7.37. The van der Waals surface area contributed by atoms with E-state index in [-0.39, 0.29) is 128 Å². The summed E-state index contributed by atoms with van der Waals surface area (Å²) >= 11 is 0. The number of aliphatic carboxylic acids is 2. The van der Waals surface area contributed by atoms with Crippen LogP contribution in [0.5, 0.6) is 0 Å². The number of carbonyl (C=O) groups is 8. The van der Waals surface area contributed by atoms with E-state index in [1.54, 1.807) is 6.20 Å². The van der Waals surface area contributed by atoms with E-state index < -0.39 is 30.1 Å². The molecule has 0 spiro atoms. The number of nitrogens with one attached hydrogen (secondary N) is 5. The number of aromatic nitrogens is 2. The molecule has 1 rings (SSSR count). The second-order valence-electron chi connectivity index (χ2n) is 17.9. The Hall–Kier alpha value is -4.67. The first kappa shape index (κ1) is 64.3. The molecule has 0 bridgehead atoms. The zero-order valence-electron chi connectivity index (χ0n) is 42.5. The zero-order chi connectivity index (χ0) is 52.2. The molecule has 3 amide bonds. The fourth-order valence-electron chi connectivity index (χ4n) is 7.37. The van der Waals surface area contributed by atoms with Crippen molar-refractivity contribution in [3.63, 3.8) is 0 Å². The molecule has 0 aliphatic rings. The zero-order valence-corrected chi connectivity index (χ0v) is 42.5. The quantitative estimate of drug-likeness (QED) is 0.0425. The van der Waals surface area contributed by atoms with Crippen LogP contribution in [0.25, 0.3) is 0 Å². The Kier molecular flexibility index (Phi) is 39.9. The molecule has 1 aromatic rings. The molecule has 0 saturated carbocycles. The van der Waals surface area contributed by atoms with Gasteiger partial charge in [0.25, 0.3) is 0 Å². The van der Waals surface area contributed by atoms with Gasteiger partial charge in [0.2, 0.25) is 17.7 Å². The number of ketones is 3. The number of nitrogens with two attached hydrogens (primary N) is 1. The molecular formula is C50H89N7O14. The number of H-pyrrole nitrogens is 1. The van der Waals surface area contributed by atoms with Gasteiger partial charge in [0.1, 0.15) is 25.0 Å². The number of aromatic amines is 1. The molecule has 71 heavy (non-hydrogen) atoms. The number of nitrogens with zero attached hydrogens (tertiary/aromatic N) is 1. The largest absolute Gasteiger partial charge is 0.481 e. The second-order valence-corrected chi connectivity index (χ2v) is 17.9. The van der Waals surface area contributed by atoms with Crippen molar-refractivity contribution >= 4 is 47.0 Å². The molecule has 0 saturated heterocycles. The number of unbranched alkanes of at least 4 members (excludes halogenated alkanes) is 14. The first-order valence-corrected chi connectivity index (χ1v) is 25.9. The minimum atomic E-state index is -1.19. The van der Waals surface area contributed by atoms with Crippen LogP contribution in [0.2, 0.25) is 0 Å². The SMILES string of the molecule is CC(=O)[C@H](CCCCNC(=O)COCCOCCCC(=O)COCCOCCNC(=O)CC[C@H](NC(=O)CCCCCCCCCCCCCCCCC(=O)O)C(=O)O)NCC(=O)[C@@H](N)Cc1cnc[nH]1.[HH]. The lowest BCUT2D eigenvalue weighted by Crippen LogP contribution is -2.44. The number of Topliss-reactive ketones (excluding diaryl/α,β-unsaturated/α-hetero) is 3. The van der Waals surface area contributed by atoms with Gasteiger partial charge >= 0.3 is 11.9 Å². The molecule has 21 nitrogen and oxygen atoms in total. The van der Waals surface area contributed by atoms with Crippen LogP contribution < -0.4 is 27.0 Å². The Labute approximate surface area is 421 Å². The van der Waals surface area contributed by atoms with Crippen molar-refractivity contribution in [3.8, 4) is 0 Å². The van der Waals surface area contributed by atoms with E-state index >= 15 is 0 Å². The number of carboxylic acid groups (broad SMARTS) is 2. The van der Waals surface area contributed by atoms with Gasteiger partial charge in [-0.2, -0.15) is 0 Å². The highest BCUT2D eigenvalue weighted by atomic mass is 16.5. The van der Waals surface area contributed by atoms with Gasteiger partial charge in [-0.05, 0) is 51.9 Å². The summed E-state index contributed by atoms with van der Waals surface area (Å²) in [7, 11) is 0. The maximum atomic E-state index is 12.4. The Morgan fingerprint density at radius 3 is 1.77 bits per heavy atom. The third-order valence-corrected chi connectivity index (χ3v) is 11.6. The van der Waals surface area contributed by atoms with Gasteiger partial charge in [0.05, 0.1) is 58.0 Å². The summed E-state index contributed by atoms with van der Waals surface area (Å²) in [5.41, 5.74) is 6.73. The van der Waals surface area contributed by atoms with Crippen molar-refractivity contribution in [2.24, 2.45) is 5.73 Å². The smallest absolute Gasteiger partial charge is 0.326 e. The number of hydrogen-bond donors (Lipinski definition) is 8. The number of imidazole rings is 1. The van der Waals surface area contributed by atoms with E-state index in [2.05, 4.69) is 31.2 Å². The first-order valence-electron chi connectivity index (χ1n) is 25.9. The maximum Gasteiger partial charge on any atom is 0.326 e. The van der Waals surface area contributed by atoms with Gasteiger partial charge in [0, 0.05) is 65.1 Å². The Morgan fingerprint density at radius 2 is 1.18 bits per heavy atom. The summed E-state index contributed by atoms with van der Waals surface area (Å²) in [6, 6.07) is -2.33. The molecule has 408 valence electrons. The Bertz CT molecular complexity index is 1620. The van der Waals surface area contributed by atoms with Gasteiger partial charge < -0.3 is 61.1 Å². The summed E-state index contributed by atoms with van der Waals surface area (Å²) in [4.78, 5) is 102. The normalized spacial score (nSPS) is 12.5. The third-order valence-electron chi connectivity index (χ3n) is 11.6. The summed E-state index contributed by atoms with van der Waals surface area (Å²) in [6.45, 7) is 3.31. The van der Waals surface area contributed by atoms with Crippen LogP contribution in [0.4, 0.5) is 0 Å². The monoisotopic (exact) mass is 1010 g/mol. The molecular weight excluding hydrogens is 923 g/mol. The van der Waals surface area contributed by atoms with Gasteiger partial charge in [-0.1, -0.05) is 77.0 Å². The van der Waals surface area contributed by atoms with Gasteiger partial charge in [-0.3, -0.25) is 33.6 Å². The molecule has 9 N–H and O–H groups in total. The molecule has 21 heteroatoms. The van der Waals surface area contributed by atoms with E-state index in [0.29, 0.717) is 51.7 Å². The number of amides is 3. The van der Waals surface area contributed by atoms with E-state index in [0.717, 1.165) is 50.6 Å². The van der Waals surface area contributed by atoms with E-state index in [4.69, 9.17) is 29.8 Å². The summed E-state index contributed by atoms with van der Waals surface area (Å²) in [5, 5.41) is 29.2. The minimum absolute atomic E-state index is 0. The van der Waals surface area contributed by atoms with Crippen LogP contribution in [-0.4, -0.2) is 158 Å². The van der Waals surface area contributed by atoms with Gasteiger partial charge in [-0.25, -0.2) is 9.78 Å². The van der Waals surface area contributed by atoms with Crippen LogP contribution >= 0.6 is 0 Å². The predicted octanol–water partition coefficient (Wildman–Crippen LogP) is 4.14. The summed E-state index contributed by atoms with van der Waals surface area (Å²) in [6.07, 6.45) is 21.5. The van der Waals surface area contributed by atoms with Gasteiger partial charge in [-0.15, -0.1) is 0 Å². The number of rotatable bonds is 51. The Morgan fingerprint density at radius 1 is 0.606 bits per heavy atom. The van der Waals surface area contributed by atoms with Gasteiger partial charge in [0.15, 0.2) is 11.6 Å². The summed E-state index contributed by atoms with van der Waals surface area (Å²) in [5.74, 6) is -3.23. The second kappa shape index (κ2) is 44.1. The lowest BCUT2D eigenvalue weighted by Gasteiger charge is -2.17. The molecule has 0 radical (unpaired) electrons. The van der Waals surface area contributed by atoms with Crippen LogP contribution in [0.3, 0.4) is 0 Å². The van der Waals surface area contributed by atoms with Crippen molar-refractivity contribution in [3.05, 3.63) is 18.2 Å². The van der Waals surface area contributed by atoms with E-state index in [1.807, 2.05) is 0 Å². The number of carboxylic acids is 2. The lowest BCUT2D eigenvalue weighted by atomic mass is 10.0. The first-order chi connectivity index (χ1) is 34.3. The van der Waals surface area contributed by atoms with Crippen LogP contribution in [0.15, 0.2) is 12.5 Å². The molecule has 3 atom stereocenters. The fraction of sp³-hybridized carbons (Fsp3) is 0.780. The Balaban J connectivity index is 0.0000504. The van der Waals surface area contributed by atoms with E-state index in [9.17, 15) is 43.5 Å². The standard InChI is InChI=1S/C50H87N7O14.H2/c1-39(58)43(55-35-45(60)42(51)33-40-34-52-38-56-40)20-16-17-25-53-48(63)37-71-32-29-68-27-18-19-41(59)36-70-31-30-69-28-26-54-46(61)24-23-44(50(66)67)57-47(62)21-14-12-10-8-6-4-2-3-5-7-9-11-13-15-22-49(64)65;/h34,38,42-44,55H,2-33,35-37,51H2,1H3,(H,52,56)(H,53,63)(H,54,61)(H,57,62)(H,64,65)(H,66,67);1H/t42-,43-,44-;/m0./s1. The highest BCUT2D eigenvalue weighted by Gasteiger charge is 2.21. The summed E-state index contributed by atoms with van der Waals surface area (Å²) < 4.78 is 21.6. The average Bonchev–Trinajstić information content (AvgIpc) is 3.85. The molecule has 0 unspecified atom stereocenters. The number of carbonyl (C=O) groups excluding carboxylic acids is 6. The van der Waals surface area contributed by atoms with Crippen molar-refractivity contribution in [1.82, 2.24) is 31.2 Å². The molecule has 1 aromatic heterocycles. The topological polar surface area (TPSA) is 317 Å². The van der Waals surface area contributed by atoms with Crippen LogP contribution in [0.1, 0.15) is 162 Å². The highest BCUT2D eigenvalue weighted by molar-refractivity contribution is 5.87. The van der Waals surface area contributed by atoms with Crippen molar-refractivity contribution < 1.29 is 68.9 Å². The molecule has 0 aliphatic heterocycles. The van der Waals surface area contributed by atoms with E-state index in [1.165, 1.54) is 51.8 Å². The predicted molar refractivity (Wildman–Crippen MR) is 268 cm³/mol. The molecule has 0 fully saturated rings. The number of ether oxygens (including phenoxy) is 4. The third kappa shape index (κ3) is 39.6. The van der Waals surface area contributed by atoms with Crippen LogP contribution in [-0.2, 0) is 63.7 Å². The number of hydrogen-bond acceptors (Lipinski definition) is 15. The highest BCUT2D eigenvalue weighted by Crippen LogP contribution is 2.14.